The van der Waals surface area contributed by atoms with E-state index >= 15 is 0 Å². The molecule has 2 rings (SSSR count). The molecule has 2 unspecified atom stereocenters. The summed E-state index contributed by atoms with van der Waals surface area (Å²) in [6.45, 7) is 3.70. The van der Waals surface area contributed by atoms with Crippen LogP contribution in [-0.2, 0) is 4.79 Å². The fourth-order valence-corrected chi connectivity index (χ4v) is 2.42. The minimum absolute atomic E-state index is 0.493. The molecule has 1 aliphatic heterocycles. The number of amides is 1. The zero-order chi connectivity index (χ0) is 14.5. The van der Waals surface area contributed by atoms with E-state index in [2.05, 4.69) is 5.32 Å². The molecule has 1 saturated heterocycles. The second kappa shape index (κ2) is 6.61. The van der Waals surface area contributed by atoms with Crippen LogP contribution in [0.25, 0.3) is 0 Å². The van der Waals surface area contributed by atoms with Crippen molar-refractivity contribution in [2.24, 2.45) is 5.73 Å². The average Bonchev–Trinajstić information content (AvgIpc) is 2.48. The normalized spacial score (nSPS) is 20.2. The Bertz CT molecular complexity index is 470. The van der Waals surface area contributed by atoms with Crippen molar-refractivity contribution in [3.8, 4) is 11.5 Å². The Hall–Kier alpha value is -1.75. The number of benzene rings is 1. The van der Waals surface area contributed by atoms with Gasteiger partial charge >= 0.3 is 0 Å². The van der Waals surface area contributed by atoms with Crippen molar-refractivity contribution in [1.82, 2.24) is 5.32 Å². The smallest absolute Gasteiger partial charge is 0.258 e. The molecule has 20 heavy (non-hydrogen) atoms. The van der Waals surface area contributed by atoms with Gasteiger partial charge in [0.25, 0.3) is 5.91 Å². The van der Waals surface area contributed by atoms with Gasteiger partial charge in [0.2, 0.25) is 0 Å². The number of nitrogens with one attached hydrogen (secondary N) is 1. The van der Waals surface area contributed by atoms with Crippen LogP contribution in [0, 0.1) is 0 Å². The molecule has 110 valence electrons. The van der Waals surface area contributed by atoms with Crippen LogP contribution in [0.2, 0.25) is 0 Å². The van der Waals surface area contributed by atoms with Gasteiger partial charge in [-0.2, -0.15) is 0 Å². The predicted octanol–water partition coefficient (Wildman–Crippen LogP) is 1.41. The lowest BCUT2D eigenvalue weighted by Gasteiger charge is -2.24. The van der Waals surface area contributed by atoms with Gasteiger partial charge in [-0.1, -0.05) is 6.07 Å². The van der Waals surface area contributed by atoms with Crippen molar-refractivity contribution in [2.45, 2.75) is 31.8 Å². The van der Waals surface area contributed by atoms with Crippen LogP contribution < -0.4 is 20.5 Å². The number of nitrogens with two attached hydrogens (primary N) is 1. The minimum Gasteiger partial charge on any atom is -0.493 e. The molecule has 5 nitrogen and oxygen atoms in total. The first-order valence-corrected chi connectivity index (χ1v) is 6.96. The van der Waals surface area contributed by atoms with Crippen LogP contribution in [0.4, 0.5) is 0 Å². The standard InChI is InChI=1S/C15H22N2O3/c1-10(15(16)18)20-13-6-5-11(8-14(13)19-2)12-4-3-7-17-9-12/h5-6,8,10,12,17H,3-4,7,9H2,1-2H3,(H2,16,18). The molecule has 3 N–H and O–H groups in total. The Labute approximate surface area is 119 Å². The van der Waals surface area contributed by atoms with Crippen LogP contribution >= 0.6 is 0 Å². The molecular weight excluding hydrogens is 256 g/mol. The Morgan fingerprint density at radius 3 is 2.85 bits per heavy atom. The summed E-state index contributed by atoms with van der Waals surface area (Å²) in [5.74, 6) is 1.19. The topological polar surface area (TPSA) is 73.6 Å². The van der Waals surface area contributed by atoms with Crippen molar-refractivity contribution in [3.63, 3.8) is 0 Å². The van der Waals surface area contributed by atoms with Gasteiger partial charge in [0.1, 0.15) is 0 Å². The largest absolute Gasteiger partial charge is 0.493 e. The molecule has 0 saturated carbocycles. The summed E-state index contributed by atoms with van der Waals surface area (Å²) < 4.78 is 10.9. The number of primary amides is 1. The number of carbonyl (C=O) groups excluding carboxylic acids is 1. The first-order valence-electron chi connectivity index (χ1n) is 6.96. The van der Waals surface area contributed by atoms with Gasteiger partial charge in [-0.3, -0.25) is 4.79 Å². The molecule has 2 atom stereocenters. The Morgan fingerprint density at radius 2 is 2.25 bits per heavy atom. The predicted molar refractivity (Wildman–Crippen MR) is 77.1 cm³/mol. The van der Waals surface area contributed by atoms with E-state index in [4.69, 9.17) is 15.2 Å². The van der Waals surface area contributed by atoms with Gasteiger partial charge in [-0.25, -0.2) is 0 Å². The Balaban J connectivity index is 2.16. The molecule has 1 aromatic rings. The fraction of sp³-hybridized carbons (Fsp3) is 0.533. The lowest BCUT2D eigenvalue weighted by atomic mass is 9.91. The summed E-state index contributed by atoms with van der Waals surface area (Å²) in [7, 11) is 1.60. The molecule has 0 aliphatic carbocycles. The summed E-state index contributed by atoms with van der Waals surface area (Å²) in [6.07, 6.45) is 1.68. The van der Waals surface area contributed by atoms with E-state index in [1.807, 2.05) is 18.2 Å². The number of ether oxygens (including phenoxy) is 2. The highest BCUT2D eigenvalue weighted by atomic mass is 16.5. The van der Waals surface area contributed by atoms with Gasteiger partial charge in [0.15, 0.2) is 17.6 Å². The molecule has 1 aliphatic rings. The zero-order valence-corrected chi connectivity index (χ0v) is 12.0. The maximum atomic E-state index is 11.1. The lowest BCUT2D eigenvalue weighted by molar-refractivity contribution is -0.124. The van der Waals surface area contributed by atoms with E-state index < -0.39 is 12.0 Å². The van der Waals surface area contributed by atoms with E-state index in [0.717, 1.165) is 13.1 Å². The highest BCUT2D eigenvalue weighted by Gasteiger charge is 2.18. The van der Waals surface area contributed by atoms with E-state index in [1.165, 1.54) is 18.4 Å². The van der Waals surface area contributed by atoms with E-state index in [1.54, 1.807) is 14.0 Å². The van der Waals surface area contributed by atoms with Crippen molar-refractivity contribution in [1.29, 1.82) is 0 Å². The molecule has 0 aromatic heterocycles. The number of rotatable bonds is 5. The number of carbonyl (C=O) groups is 1. The summed E-state index contributed by atoms with van der Waals surface area (Å²) in [6, 6.07) is 5.87. The first kappa shape index (κ1) is 14.7. The first-order chi connectivity index (χ1) is 9.61. The summed E-state index contributed by atoms with van der Waals surface area (Å²) >= 11 is 0. The van der Waals surface area contributed by atoms with Crippen LogP contribution in [0.1, 0.15) is 31.2 Å². The molecular formula is C15H22N2O3. The quantitative estimate of drug-likeness (QED) is 0.854. The Kier molecular flexibility index (Phi) is 4.84. The highest BCUT2D eigenvalue weighted by molar-refractivity contribution is 5.78. The monoisotopic (exact) mass is 278 g/mol. The summed E-state index contributed by atoms with van der Waals surface area (Å²) in [5, 5.41) is 3.40. The van der Waals surface area contributed by atoms with Crippen molar-refractivity contribution in [2.75, 3.05) is 20.2 Å². The van der Waals surface area contributed by atoms with Gasteiger partial charge in [0.05, 0.1) is 7.11 Å². The molecule has 0 radical (unpaired) electrons. The maximum Gasteiger partial charge on any atom is 0.258 e. The van der Waals surface area contributed by atoms with E-state index in [-0.39, 0.29) is 0 Å². The SMILES string of the molecule is COc1cc(C2CCCNC2)ccc1OC(C)C(N)=O. The van der Waals surface area contributed by atoms with Crippen LogP contribution in [-0.4, -0.2) is 32.2 Å². The molecule has 5 heteroatoms. The number of hydrogen-bond acceptors (Lipinski definition) is 4. The molecule has 1 aromatic carbocycles. The lowest BCUT2D eigenvalue weighted by Crippen LogP contribution is -2.31. The third-order valence-electron chi connectivity index (χ3n) is 3.66. The van der Waals surface area contributed by atoms with E-state index in [9.17, 15) is 4.79 Å². The Morgan fingerprint density at radius 1 is 1.45 bits per heavy atom. The van der Waals surface area contributed by atoms with Crippen LogP contribution in [0.3, 0.4) is 0 Å². The summed E-state index contributed by atoms with van der Waals surface area (Å²) in [5.41, 5.74) is 6.44. The second-order valence-electron chi connectivity index (χ2n) is 5.12. The van der Waals surface area contributed by atoms with Crippen molar-refractivity contribution in [3.05, 3.63) is 23.8 Å². The number of methoxy groups -OCH3 is 1. The van der Waals surface area contributed by atoms with Gasteiger partial charge in [-0.15, -0.1) is 0 Å². The maximum absolute atomic E-state index is 11.1. The summed E-state index contributed by atoms with van der Waals surface area (Å²) in [4.78, 5) is 11.1. The third kappa shape index (κ3) is 3.42. The van der Waals surface area contributed by atoms with E-state index in [0.29, 0.717) is 17.4 Å². The number of hydrogen-bond donors (Lipinski definition) is 2. The molecule has 0 bridgehead atoms. The third-order valence-corrected chi connectivity index (χ3v) is 3.66. The zero-order valence-electron chi connectivity index (χ0n) is 12.0. The molecule has 0 spiro atoms. The van der Waals surface area contributed by atoms with Crippen molar-refractivity contribution >= 4 is 5.91 Å². The minimum atomic E-state index is -0.675. The van der Waals surface area contributed by atoms with Gasteiger partial charge in [0, 0.05) is 6.54 Å². The molecule has 1 heterocycles. The second-order valence-corrected chi connectivity index (χ2v) is 5.12. The molecule has 1 amide bonds. The van der Waals surface area contributed by atoms with Crippen molar-refractivity contribution < 1.29 is 14.3 Å². The van der Waals surface area contributed by atoms with Gasteiger partial charge in [-0.05, 0) is 49.9 Å². The van der Waals surface area contributed by atoms with Crippen LogP contribution in [0.5, 0.6) is 11.5 Å². The van der Waals surface area contributed by atoms with Crippen LogP contribution in [0.15, 0.2) is 18.2 Å². The average molecular weight is 278 g/mol. The molecule has 1 fully saturated rings. The highest BCUT2D eigenvalue weighted by Crippen LogP contribution is 2.33. The van der Waals surface area contributed by atoms with Gasteiger partial charge < -0.3 is 20.5 Å². The number of piperidine rings is 1. The fourth-order valence-electron chi connectivity index (χ4n) is 2.42.